The van der Waals surface area contributed by atoms with Gasteiger partial charge in [0, 0.05) is 6.42 Å². The molecule has 0 radical (unpaired) electrons. The summed E-state index contributed by atoms with van der Waals surface area (Å²) in [7, 11) is 0. The highest BCUT2D eigenvalue weighted by atomic mass is 32.1. The zero-order valence-corrected chi connectivity index (χ0v) is 18.3. The van der Waals surface area contributed by atoms with E-state index in [9.17, 15) is 0 Å². The molecule has 1 aromatic heterocycles. The Labute approximate surface area is 181 Å². The van der Waals surface area contributed by atoms with Gasteiger partial charge in [0.1, 0.15) is 12.1 Å². The lowest BCUT2D eigenvalue weighted by molar-refractivity contribution is 0.322. The molecule has 0 bridgehead atoms. The van der Waals surface area contributed by atoms with Gasteiger partial charge in [0.05, 0.1) is 22.9 Å². The molecular formula is C22H28N6OS. The van der Waals surface area contributed by atoms with Crippen LogP contribution in [0.3, 0.4) is 0 Å². The summed E-state index contributed by atoms with van der Waals surface area (Å²) < 4.78 is 6.09. The van der Waals surface area contributed by atoms with Gasteiger partial charge in [0.2, 0.25) is 0 Å². The molecule has 0 atom stereocenters. The number of nitrogens with two attached hydrogens (primary N) is 3. The Bertz CT molecular complexity index is 1030. The van der Waals surface area contributed by atoms with Crippen molar-refractivity contribution < 1.29 is 4.74 Å². The predicted molar refractivity (Wildman–Crippen MR) is 126 cm³/mol. The summed E-state index contributed by atoms with van der Waals surface area (Å²) in [4.78, 5) is 5.61. The van der Waals surface area contributed by atoms with Crippen molar-refractivity contribution in [3.63, 3.8) is 0 Å². The molecule has 1 heterocycles. The van der Waals surface area contributed by atoms with Gasteiger partial charge in [-0.1, -0.05) is 49.4 Å². The number of hydrogen-bond donors (Lipinski definition) is 3. The minimum absolute atomic E-state index is 0.297. The molecular weight excluding hydrogens is 396 g/mol. The van der Waals surface area contributed by atoms with E-state index in [4.69, 9.17) is 22.2 Å². The van der Waals surface area contributed by atoms with Gasteiger partial charge in [-0.2, -0.15) is 5.10 Å². The number of ether oxygens (including phenoxy) is 1. The fraction of sp³-hybridized carbons (Fsp3) is 0.273. The minimum atomic E-state index is 0.297. The second-order valence-corrected chi connectivity index (χ2v) is 8.39. The van der Waals surface area contributed by atoms with E-state index in [1.165, 1.54) is 22.7 Å². The number of thiazole rings is 1. The van der Waals surface area contributed by atoms with Gasteiger partial charge >= 0.3 is 0 Å². The number of hydrazine groups is 1. The van der Waals surface area contributed by atoms with E-state index in [0.717, 1.165) is 38.7 Å². The zero-order chi connectivity index (χ0) is 21.7. The maximum atomic E-state index is 6.09. The number of nitrogen functional groups attached to an aromatic ring is 1. The Balaban J connectivity index is 1.77. The Morgan fingerprint density at radius 1 is 1.23 bits per heavy atom. The molecule has 0 aliphatic rings. The third-order valence-electron chi connectivity index (χ3n) is 4.63. The van der Waals surface area contributed by atoms with Crippen LogP contribution in [0.4, 0.5) is 10.8 Å². The SMILES string of the molecule is Cc1cc(OCCc2ccccc2N(N)/C=N\N)cc(-c2sc(N)nc2C(C)C)c1. The van der Waals surface area contributed by atoms with Gasteiger partial charge < -0.3 is 16.3 Å². The largest absolute Gasteiger partial charge is 0.493 e. The lowest BCUT2D eigenvalue weighted by atomic mass is 10.0. The van der Waals surface area contributed by atoms with E-state index in [-0.39, 0.29) is 0 Å². The van der Waals surface area contributed by atoms with Gasteiger partial charge in [0.15, 0.2) is 5.13 Å². The highest BCUT2D eigenvalue weighted by Gasteiger charge is 2.16. The van der Waals surface area contributed by atoms with Crippen molar-refractivity contribution in [2.45, 2.75) is 33.1 Å². The van der Waals surface area contributed by atoms with Gasteiger partial charge in [-0.3, -0.25) is 5.01 Å². The van der Waals surface area contributed by atoms with Crippen LogP contribution in [0.1, 0.15) is 36.6 Å². The molecule has 0 saturated carbocycles. The normalized spacial score (nSPS) is 11.4. The van der Waals surface area contributed by atoms with Crippen LogP contribution in [-0.4, -0.2) is 17.9 Å². The van der Waals surface area contributed by atoms with Crippen molar-refractivity contribution in [2.75, 3.05) is 17.3 Å². The fourth-order valence-electron chi connectivity index (χ4n) is 3.30. The molecule has 7 nitrogen and oxygen atoms in total. The van der Waals surface area contributed by atoms with Crippen molar-refractivity contribution in [3.05, 3.63) is 59.3 Å². The molecule has 8 heteroatoms. The molecule has 0 amide bonds. The Hall–Kier alpha value is -3.10. The number of hydrogen-bond acceptors (Lipinski definition) is 7. The smallest absolute Gasteiger partial charge is 0.180 e. The van der Waals surface area contributed by atoms with E-state index in [1.54, 1.807) is 0 Å². The van der Waals surface area contributed by atoms with Crippen LogP contribution in [0.15, 0.2) is 47.6 Å². The Kier molecular flexibility index (Phi) is 6.91. The first kappa shape index (κ1) is 21.6. The maximum Gasteiger partial charge on any atom is 0.180 e. The number of aromatic nitrogens is 1. The number of nitrogens with zero attached hydrogens (tertiary/aromatic N) is 3. The highest BCUT2D eigenvalue weighted by molar-refractivity contribution is 7.18. The van der Waals surface area contributed by atoms with Crippen LogP contribution in [0.5, 0.6) is 5.75 Å². The van der Waals surface area contributed by atoms with Crippen molar-refractivity contribution in [1.29, 1.82) is 0 Å². The van der Waals surface area contributed by atoms with Crippen LogP contribution >= 0.6 is 11.3 Å². The molecule has 0 aliphatic carbocycles. The third-order valence-corrected chi connectivity index (χ3v) is 5.58. The molecule has 0 unspecified atom stereocenters. The summed E-state index contributed by atoms with van der Waals surface area (Å²) in [6.45, 7) is 6.82. The van der Waals surface area contributed by atoms with Crippen LogP contribution in [-0.2, 0) is 6.42 Å². The second-order valence-electron chi connectivity index (χ2n) is 7.35. The van der Waals surface area contributed by atoms with E-state index in [1.807, 2.05) is 36.4 Å². The third kappa shape index (κ3) is 5.08. The molecule has 6 N–H and O–H groups in total. The van der Waals surface area contributed by atoms with Crippen LogP contribution in [0.25, 0.3) is 10.4 Å². The maximum absolute atomic E-state index is 6.09. The van der Waals surface area contributed by atoms with Gasteiger partial charge in [-0.05, 0) is 47.7 Å². The fourth-order valence-corrected chi connectivity index (χ4v) is 4.27. The number of rotatable bonds is 8. The van der Waals surface area contributed by atoms with Crippen LogP contribution in [0, 0.1) is 6.92 Å². The monoisotopic (exact) mass is 424 g/mol. The molecule has 0 aliphatic heterocycles. The van der Waals surface area contributed by atoms with Gasteiger partial charge in [0.25, 0.3) is 0 Å². The zero-order valence-electron chi connectivity index (χ0n) is 17.5. The Morgan fingerprint density at radius 3 is 2.73 bits per heavy atom. The van der Waals surface area contributed by atoms with Crippen LogP contribution in [0.2, 0.25) is 0 Å². The lowest BCUT2D eigenvalue weighted by Crippen LogP contribution is -2.30. The summed E-state index contributed by atoms with van der Waals surface area (Å²) in [6.07, 6.45) is 2.07. The first-order chi connectivity index (χ1) is 14.4. The molecule has 30 heavy (non-hydrogen) atoms. The molecule has 0 saturated heterocycles. The van der Waals surface area contributed by atoms with Crippen LogP contribution < -0.4 is 27.2 Å². The number of anilines is 2. The standard InChI is InChI=1S/C22H28N6OS/c1-14(2)20-21(30-22(23)27-20)17-10-15(3)11-18(12-17)29-9-8-16-6-4-5-7-19(16)28(25)13-26-24/h4-7,10-14H,8-9,24-25H2,1-3H3,(H2,23,27)/b26-13-. The van der Waals surface area contributed by atoms with Crippen molar-refractivity contribution >= 4 is 28.5 Å². The van der Waals surface area contributed by atoms with Crippen molar-refractivity contribution in [1.82, 2.24) is 4.98 Å². The first-order valence-corrected chi connectivity index (χ1v) is 10.6. The van der Waals surface area contributed by atoms with Gasteiger partial charge in [-0.15, -0.1) is 0 Å². The number of hydrazone groups is 1. The molecule has 0 fully saturated rings. The van der Waals surface area contributed by atoms with E-state index >= 15 is 0 Å². The molecule has 3 rings (SSSR count). The second kappa shape index (κ2) is 9.60. The van der Waals surface area contributed by atoms with Crippen molar-refractivity contribution in [3.8, 4) is 16.2 Å². The summed E-state index contributed by atoms with van der Waals surface area (Å²) in [5, 5.41) is 5.47. The Morgan fingerprint density at radius 2 is 2.00 bits per heavy atom. The summed E-state index contributed by atoms with van der Waals surface area (Å²) in [5.41, 5.74) is 11.1. The number of aryl methyl sites for hydroxylation is 1. The molecule has 158 valence electrons. The number of para-hydroxylation sites is 1. The predicted octanol–water partition coefficient (Wildman–Crippen LogP) is 4.03. The average Bonchev–Trinajstić information content (AvgIpc) is 3.10. The summed E-state index contributed by atoms with van der Waals surface area (Å²) in [6, 6.07) is 14.0. The topological polar surface area (TPSA) is 116 Å². The molecule has 2 aromatic carbocycles. The molecule has 0 spiro atoms. The van der Waals surface area contributed by atoms with Crippen molar-refractivity contribution in [2.24, 2.45) is 16.8 Å². The van der Waals surface area contributed by atoms with E-state index < -0.39 is 0 Å². The molecule has 3 aromatic rings. The lowest BCUT2D eigenvalue weighted by Gasteiger charge is -2.17. The number of benzene rings is 2. The summed E-state index contributed by atoms with van der Waals surface area (Å²) >= 11 is 1.51. The highest BCUT2D eigenvalue weighted by Crippen LogP contribution is 2.37. The van der Waals surface area contributed by atoms with Gasteiger partial charge in [-0.25, -0.2) is 10.8 Å². The van der Waals surface area contributed by atoms with E-state index in [0.29, 0.717) is 24.1 Å². The minimum Gasteiger partial charge on any atom is -0.493 e. The quantitative estimate of drug-likeness (QED) is 0.218. The summed E-state index contributed by atoms with van der Waals surface area (Å²) in [5.74, 6) is 12.3. The van der Waals surface area contributed by atoms with E-state index in [2.05, 4.69) is 36.9 Å². The first-order valence-electron chi connectivity index (χ1n) is 9.75. The average molecular weight is 425 g/mol.